The molecule has 12 heavy (non-hydrogen) atoms. The average Bonchev–Trinajstić information content (AvgIpc) is 2.29. The molecule has 5 atom stereocenters. The summed E-state index contributed by atoms with van der Waals surface area (Å²) < 4.78 is 0. The molecule has 0 saturated carbocycles. The third-order valence-electron chi connectivity index (χ3n) is 2.28. The lowest BCUT2D eigenvalue weighted by atomic mass is 10.2. The van der Waals surface area contributed by atoms with E-state index in [1.807, 2.05) is 6.92 Å². The van der Waals surface area contributed by atoms with Crippen LogP contribution in [0.25, 0.3) is 0 Å². The van der Waals surface area contributed by atoms with Gasteiger partial charge in [0, 0.05) is 0 Å². The predicted molar refractivity (Wildman–Crippen MR) is 43.6 cm³/mol. The Morgan fingerprint density at radius 3 is 2.67 bits per heavy atom. The molecule has 2 heterocycles. The molecule has 0 aromatic carbocycles. The lowest BCUT2D eigenvalue weighted by Gasteiger charge is -2.35. The second kappa shape index (κ2) is 2.91. The molecule has 0 radical (unpaired) electrons. The number of rotatable bonds is 0. The highest BCUT2D eigenvalue weighted by Gasteiger charge is 2.40. The Morgan fingerprint density at radius 2 is 1.92 bits per heavy atom. The molecular formula is C6H15N5O. The number of fused-ring (bicyclic) bond motifs is 1. The summed E-state index contributed by atoms with van der Waals surface area (Å²) in [5, 5.41) is 21.8. The summed E-state index contributed by atoms with van der Waals surface area (Å²) in [5.41, 5.74) is 5.58. The van der Waals surface area contributed by atoms with Crippen molar-refractivity contribution in [2.45, 2.75) is 37.8 Å². The smallest absolute Gasteiger partial charge is 0.125 e. The lowest BCUT2D eigenvalue weighted by Crippen LogP contribution is -2.71. The van der Waals surface area contributed by atoms with Crippen molar-refractivity contribution in [1.82, 2.24) is 21.3 Å². The maximum atomic E-state index is 9.53. The van der Waals surface area contributed by atoms with Crippen molar-refractivity contribution in [2.75, 3.05) is 0 Å². The van der Waals surface area contributed by atoms with Crippen LogP contribution < -0.4 is 27.0 Å². The molecule has 2 aliphatic heterocycles. The molecule has 5 unspecified atom stereocenters. The average molecular weight is 173 g/mol. The second-order valence-corrected chi connectivity index (χ2v) is 3.31. The van der Waals surface area contributed by atoms with Gasteiger partial charge in [0.1, 0.15) is 12.5 Å². The van der Waals surface area contributed by atoms with Crippen LogP contribution in [0, 0.1) is 0 Å². The number of nitrogens with one attached hydrogen (secondary N) is 4. The van der Waals surface area contributed by atoms with Gasteiger partial charge in [-0.3, -0.25) is 21.3 Å². The van der Waals surface area contributed by atoms with Crippen LogP contribution >= 0.6 is 0 Å². The minimum atomic E-state index is -0.594. The van der Waals surface area contributed by atoms with Gasteiger partial charge in [-0.1, -0.05) is 0 Å². The van der Waals surface area contributed by atoms with Crippen LogP contribution in [0.4, 0.5) is 0 Å². The maximum Gasteiger partial charge on any atom is 0.125 e. The van der Waals surface area contributed by atoms with Crippen molar-refractivity contribution in [3.05, 3.63) is 0 Å². The van der Waals surface area contributed by atoms with Gasteiger partial charge in [-0.2, -0.15) is 0 Å². The zero-order chi connectivity index (χ0) is 8.72. The summed E-state index contributed by atoms with van der Waals surface area (Å²) in [4.78, 5) is 0. The van der Waals surface area contributed by atoms with Gasteiger partial charge in [-0.15, -0.1) is 0 Å². The highest BCUT2D eigenvalue weighted by atomic mass is 16.3. The molecule has 6 heteroatoms. The van der Waals surface area contributed by atoms with Gasteiger partial charge in [0.2, 0.25) is 0 Å². The van der Waals surface area contributed by atoms with Crippen molar-refractivity contribution in [3.8, 4) is 0 Å². The van der Waals surface area contributed by atoms with E-state index in [1.165, 1.54) is 0 Å². The third-order valence-corrected chi connectivity index (χ3v) is 2.28. The summed E-state index contributed by atoms with van der Waals surface area (Å²) in [6.45, 7) is 2.00. The van der Waals surface area contributed by atoms with E-state index in [1.54, 1.807) is 0 Å². The van der Waals surface area contributed by atoms with Crippen LogP contribution in [0.1, 0.15) is 6.92 Å². The fourth-order valence-electron chi connectivity index (χ4n) is 1.76. The molecule has 0 aliphatic carbocycles. The Hall–Kier alpha value is -0.240. The molecule has 2 rings (SSSR count). The highest BCUT2D eigenvalue weighted by Crippen LogP contribution is 2.08. The van der Waals surface area contributed by atoms with Gasteiger partial charge < -0.3 is 10.8 Å². The molecule has 70 valence electrons. The molecule has 7 N–H and O–H groups in total. The third kappa shape index (κ3) is 1.33. The summed E-state index contributed by atoms with van der Waals surface area (Å²) in [6, 6.07) is -0.0141. The Balaban J connectivity index is 2.05. The summed E-state index contributed by atoms with van der Waals surface area (Å²) in [5.74, 6) is 0. The second-order valence-electron chi connectivity index (χ2n) is 3.31. The largest absolute Gasteiger partial charge is 0.377 e. The summed E-state index contributed by atoms with van der Waals surface area (Å²) in [6.07, 6.45) is -0.690. The van der Waals surface area contributed by atoms with Crippen LogP contribution in [-0.2, 0) is 0 Å². The Morgan fingerprint density at radius 1 is 1.17 bits per heavy atom. The topological polar surface area (TPSA) is 94.4 Å². The molecule has 6 nitrogen and oxygen atoms in total. The van der Waals surface area contributed by atoms with Crippen LogP contribution in [0.15, 0.2) is 0 Å². The van der Waals surface area contributed by atoms with E-state index >= 15 is 0 Å². The molecule has 0 aromatic heterocycles. The first-order valence-corrected chi connectivity index (χ1v) is 4.14. The SMILES string of the molecule is CC1NC2NC(N)NC(O)C2N1. The molecule has 0 aromatic rings. The number of nitrogens with two attached hydrogens (primary N) is 1. The van der Waals surface area contributed by atoms with Gasteiger partial charge in [0.25, 0.3) is 0 Å². The zero-order valence-corrected chi connectivity index (χ0v) is 6.91. The minimum absolute atomic E-state index is 0.0141. The van der Waals surface area contributed by atoms with E-state index in [4.69, 9.17) is 5.73 Å². The van der Waals surface area contributed by atoms with Crippen LogP contribution in [-0.4, -0.2) is 36.0 Å². The molecule has 0 amide bonds. The highest BCUT2D eigenvalue weighted by molar-refractivity contribution is 4.97. The fourth-order valence-corrected chi connectivity index (χ4v) is 1.76. The molecule has 0 spiro atoms. The van der Waals surface area contributed by atoms with Gasteiger partial charge in [0.15, 0.2) is 0 Å². The molecule has 2 saturated heterocycles. The van der Waals surface area contributed by atoms with Crippen molar-refractivity contribution in [2.24, 2.45) is 5.73 Å². The van der Waals surface area contributed by atoms with Crippen LogP contribution in [0.2, 0.25) is 0 Å². The fraction of sp³-hybridized carbons (Fsp3) is 1.00. The van der Waals surface area contributed by atoms with E-state index in [2.05, 4.69) is 21.3 Å². The molecule has 2 aliphatic rings. The van der Waals surface area contributed by atoms with Gasteiger partial charge in [-0.25, -0.2) is 0 Å². The van der Waals surface area contributed by atoms with Crippen LogP contribution in [0.3, 0.4) is 0 Å². The van der Waals surface area contributed by atoms with Gasteiger partial charge in [0.05, 0.1) is 18.4 Å². The van der Waals surface area contributed by atoms with E-state index in [-0.39, 0.29) is 24.7 Å². The minimum Gasteiger partial charge on any atom is -0.377 e. The maximum absolute atomic E-state index is 9.53. The Kier molecular flexibility index (Phi) is 2.03. The van der Waals surface area contributed by atoms with Gasteiger partial charge >= 0.3 is 0 Å². The summed E-state index contributed by atoms with van der Waals surface area (Å²) >= 11 is 0. The first kappa shape index (κ1) is 8.36. The monoisotopic (exact) mass is 173 g/mol. The van der Waals surface area contributed by atoms with Crippen molar-refractivity contribution >= 4 is 0 Å². The van der Waals surface area contributed by atoms with E-state index in [9.17, 15) is 5.11 Å². The Labute approximate surface area is 70.9 Å². The molecular weight excluding hydrogens is 158 g/mol. The van der Waals surface area contributed by atoms with Crippen molar-refractivity contribution in [3.63, 3.8) is 0 Å². The number of aliphatic hydroxyl groups is 1. The van der Waals surface area contributed by atoms with Crippen LogP contribution in [0.5, 0.6) is 0 Å². The quantitative estimate of drug-likeness (QED) is 0.233. The molecule has 0 bridgehead atoms. The van der Waals surface area contributed by atoms with E-state index in [0.29, 0.717) is 0 Å². The Bertz CT molecular complexity index is 177. The van der Waals surface area contributed by atoms with Crippen molar-refractivity contribution < 1.29 is 5.11 Å². The zero-order valence-electron chi connectivity index (χ0n) is 6.91. The van der Waals surface area contributed by atoms with E-state index < -0.39 is 6.23 Å². The first-order valence-electron chi connectivity index (χ1n) is 4.14. The lowest BCUT2D eigenvalue weighted by molar-refractivity contribution is 0.0383. The van der Waals surface area contributed by atoms with Crippen molar-refractivity contribution in [1.29, 1.82) is 0 Å². The first-order chi connectivity index (χ1) is 5.66. The number of hydrogen-bond donors (Lipinski definition) is 6. The van der Waals surface area contributed by atoms with Gasteiger partial charge in [-0.05, 0) is 6.92 Å². The summed E-state index contributed by atoms with van der Waals surface area (Å²) in [7, 11) is 0. The molecule has 2 fully saturated rings. The van der Waals surface area contributed by atoms with E-state index in [0.717, 1.165) is 0 Å². The standard InChI is InChI=1S/C6H15N5O/c1-2-8-3-4(9-2)10-6(7)11-5(3)12/h2-6,8-12H,7H2,1H3. The number of hydrogen-bond acceptors (Lipinski definition) is 6. The number of aliphatic hydroxyl groups excluding tert-OH is 1. The normalized spacial score (nSPS) is 53.8. The predicted octanol–water partition coefficient (Wildman–Crippen LogP) is -3.03.